The van der Waals surface area contributed by atoms with E-state index in [-0.39, 0.29) is 17.4 Å². The fraction of sp³-hybridized carbons (Fsp3) is 0.154. The van der Waals surface area contributed by atoms with Crippen molar-refractivity contribution in [1.82, 2.24) is 10.5 Å². The molecule has 3 aromatic carbocycles. The van der Waals surface area contributed by atoms with Crippen molar-refractivity contribution in [2.24, 2.45) is 0 Å². The molecule has 0 saturated carbocycles. The Morgan fingerprint density at radius 3 is 2.46 bits per heavy atom. The highest BCUT2D eigenvalue weighted by Gasteiger charge is 2.22. The topological polar surface area (TPSA) is 117 Å². The second-order valence-electron chi connectivity index (χ2n) is 7.70. The van der Waals surface area contributed by atoms with E-state index in [0.29, 0.717) is 41.7 Å². The quantitative estimate of drug-likeness (QED) is 0.245. The zero-order valence-corrected chi connectivity index (χ0v) is 19.2. The van der Waals surface area contributed by atoms with Gasteiger partial charge < -0.3 is 19.3 Å². The Bertz CT molecular complexity index is 1330. The van der Waals surface area contributed by atoms with Crippen LogP contribution in [0, 0.1) is 17.0 Å². The summed E-state index contributed by atoms with van der Waals surface area (Å²) in [6.45, 7) is 4.44. The number of nitrogens with zero attached hydrogens (tertiary/aromatic N) is 2. The van der Waals surface area contributed by atoms with E-state index < -0.39 is 4.92 Å². The maximum absolute atomic E-state index is 12.2. The summed E-state index contributed by atoms with van der Waals surface area (Å²) in [5, 5.41) is 17.8. The number of ether oxygens (including phenoxy) is 2. The predicted molar refractivity (Wildman–Crippen MR) is 129 cm³/mol. The van der Waals surface area contributed by atoms with Crippen LogP contribution < -0.4 is 14.8 Å². The number of carbonyl (C=O) groups excluding carboxylic acids is 1. The molecule has 9 nitrogen and oxygen atoms in total. The third-order valence-electron chi connectivity index (χ3n) is 5.05. The summed E-state index contributed by atoms with van der Waals surface area (Å²) in [5.74, 6) is 0.948. The molecule has 1 N–H and O–H groups in total. The molecule has 4 rings (SSSR count). The van der Waals surface area contributed by atoms with Gasteiger partial charge in [0.15, 0.2) is 0 Å². The lowest BCUT2D eigenvalue weighted by Gasteiger charge is -2.16. The Labute approximate surface area is 201 Å². The largest absolute Gasteiger partial charge is 0.488 e. The molecule has 4 aromatic rings. The number of aryl methyl sites for hydroxylation is 1. The van der Waals surface area contributed by atoms with Crippen LogP contribution in [0.3, 0.4) is 0 Å². The summed E-state index contributed by atoms with van der Waals surface area (Å²) in [5.41, 5.74) is 2.63. The first kappa shape index (κ1) is 23.5. The third kappa shape index (κ3) is 5.64. The van der Waals surface area contributed by atoms with Crippen LogP contribution in [0.15, 0.2) is 77.3 Å². The Morgan fingerprint density at radius 2 is 1.77 bits per heavy atom. The summed E-state index contributed by atoms with van der Waals surface area (Å²) in [7, 11) is 0. The zero-order chi connectivity index (χ0) is 24.8. The number of hydrogen-bond donors (Lipinski definition) is 1. The average Bonchev–Trinajstić information content (AvgIpc) is 3.33. The highest BCUT2D eigenvalue weighted by Crippen LogP contribution is 2.42. The molecule has 0 fully saturated rings. The van der Waals surface area contributed by atoms with E-state index in [0.717, 1.165) is 11.1 Å². The number of amides is 1. The molecule has 0 radical (unpaired) electrons. The molecule has 178 valence electrons. The van der Waals surface area contributed by atoms with Crippen LogP contribution in [0.2, 0.25) is 0 Å². The van der Waals surface area contributed by atoms with Gasteiger partial charge in [0.2, 0.25) is 5.76 Å². The first-order chi connectivity index (χ1) is 16.9. The Kier molecular flexibility index (Phi) is 7.06. The molecule has 9 heteroatoms. The number of rotatable bonds is 9. The first-order valence-electron chi connectivity index (χ1n) is 10.9. The second kappa shape index (κ2) is 10.5. The summed E-state index contributed by atoms with van der Waals surface area (Å²) >= 11 is 0. The van der Waals surface area contributed by atoms with Gasteiger partial charge in [-0.3, -0.25) is 14.9 Å². The van der Waals surface area contributed by atoms with Crippen molar-refractivity contribution in [3.05, 3.63) is 99.8 Å². The van der Waals surface area contributed by atoms with E-state index in [9.17, 15) is 14.9 Å². The van der Waals surface area contributed by atoms with Crippen molar-refractivity contribution in [3.8, 4) is 28.5 Å². The summed E-state index contributed by atoms with van der Waals surface area (Å²) in [4.78, 5) is 22.8. The SMILES string of the molecule is CCNC(=O)c1cc(-c2c(OCc3ccccc3)cc(C)cc2Oc2ccc([N+](=O)[O-])cc2)no1. The van der Waals surface area contributed by atoms with Crippen LogP contribution in [0.4, 0.5) is 5.69 Å². The fourth-order valence-electron chi connectivity index (χ4n) is 3.41. The molecule has 1 amide bonds. The van der Waals surface area contributed by atoms with E-state index >= 15 is 0 Å². The van der Waals surface area contributed by atoms with Gasteiger partial charge in [0.1, 0.15) is 29.5 Å². The highest BCUT2D eigenvalue weighted by atomic mass is 16.6. The molecule has 0 aliphatic rings. The van der Waals surface area contributed by atoms with Crippen LogP contribution in [0.5, 0.6) is 17.2 Å². The molecule has 1 aromatic heterocycles. The first-order valence-corrected chi connectivity index (χ1v) is 10.9. The lowest BCUT2D eigenvalue weighted by atomic mass is 10.1. The standard InChI is InChI=1S/C26H23N3O6/c1-3-27-26(30)24-15-21(28-35-24)25-22(33-16-18-7-5-4-6-8-18)13-17(2)14-23(25)34-20-11-9-19(10-12-20)29(31)32/h4-15H,3,16H2,1-2H3,(H,27,30). The number of nitrogens with one attached hydrogen (secondary N) is 1. The molecular formula is C26H23N3O6. The highest BCUT2D eigenvalue weighted by molar-refractivity contribution is 5.92. The van der Waals surface area contributed by atoms with Crippen LogP contribution >= 0.6 is 0 Å². The number of aromatic nitrogens is 1. The Balaban J connectivity index is 1.74. The maximum Gasteiger partial charge on any atom is 0.289 e. The fourth-order valence-corrected chi connectivity index (χ4v) is 3.41. The monoisotopic (exact) mass is 473 g/mol. The minimum absolute atomic E-state index is 0.0446. The normalized spacial score (nSPS) is 10.6. The summed E-state index contributed by atoms with van der Waals surface area (Å²) in [6.07, 6.45) is 0. The number of non-ortho nitro benzene ring substituents is 1. The maximum atomic E-state index is 12.2. The van der Waals surface area contributed by atoms with Gasteiger partial charge in [-0.05, 0) is 49.2 Å². The number of carbonyl (C=O) groups is 1. The molecule has 0 spiro atoms. The lowest BCUT2D eigenvalue weighted by Crippen LogP contribution is -2.21. The molecule has 35 heavy (non-hydrogen) atoms. The van der Waals surface area contributed by atoms with Crippen molar-refractivity contribution >= 4 is 11.6 Å². The molecule has 0 aliphatic carbocycles. The molecular weight excluding hydrogens is 450 g/mol. The number of nitro benzene ring substituents is 1. The molecule has 0 bridgehead atoms. The smallest absolute Gasteiger partial charge is 0.289 e. The van der Waals surface area contributed by atoms with Gasteiger partial charge in [-0.15, -0.1) is 0 Å². The van der Waals surface area contributed by atoms with Crippen LogP contribution in [-0.2, 0) is 6.61 Å². The van der Waals surface area contributed by atoms with Gasteiger partial charge in [0, 0.05) is 24.7 Å². The Morgan fingerprint density at radius 1 is 1.06 bits per heavy atom. The van der Waals surface area contributed by atoms with E-state index in [2.05, 4.69) is 10.5 Å². The summed E-state index contributed by atoms with van der Waals surface area (Å²) in [6, 6.07) is 20.6. The number of hydrogen-bond acceptors (Lipinski definition) is 7. The lowest BCUT2D eigenvalue weighted by molar-refractivity contribution is -0.384. The predicted octanol–water partition coefficient (Wildman–Crippen LogP) is 5.68. The van der Waals surface area contributed by atoms with E-state index in [4.69, 9.17) is 14.0 Å². The molecule has 1 heterocycles. The van der Waals surface area contributed by atoms with Crippen molar-refractivity contribution in [2.45, 2.75) is 20.5 Å². The van der Waals surface area contributed by atoms with E-state index in [1.165, 1.54) is 30.3 Å². The van der Waals surface area contributed by atoms with Crippen molar-refractivity contribution in [1.29, 1.82) is 0 Å². The van der Waals surface area contributed by atoms with Crippen molar-refractivity contribution in [3.63, 3.8) is 0 Å². The van der Waals surface area contributed by atoms with Crippen LogP contribution in [-0.4, -0.2) is 22.5 Å². The second-order valence-corrected chi connectivity index (χ2v) is 7.70. The van der Waals surface area contributed by atoms with Gasteiger partial charge >= 0.3 is 0 Å². The van der Waals surface area contributed by atoms with Crippen molar-refractivity contribution in [2.75, 3.05) is 6.54 Å². The van der Waals surface area contributed by atoms with Gasteiger partial charge in [-0.25, -0.2) is 0 Å². The zero-order valence-electron chi connectivity index (χ0n) is 19.2. The molecule has 0 unspecified atom stereocenters. The summed E-state index contributed by atoms with van der Waals surface area (Å²) < 4.78 is 17.5. The van der Waals surface area contributed by atoms with Gasteiger partial charge in [-0.2, -0.15) is 0 Å². The molecule has 0 aliphatic heterocycles. The minimum Gasteiger partial charge on any atom is -0.488 e. The molecule has 0 atom stereocenters. The van der Waals surface area contributed by atoms with Gasteiger partial charge in [-0.1, -0.05) is 35.5 Å². The average molecular weight is 473 g/mol. The number of benzene rings is 3. The van der Waals surface area contributed by atoms with Gasteiger partial charge in [0.25, 0.3) is 11.6 Å². The van der Waals surface area contributed by atoms with Crippen LogP contribution in [0.25, 0.3) is 11.3 Å². The number of nitro groups is 1. The van der Waals surface area contributed by atoms with E-state index in [1.54, 1.807) is 13.0 Å². The van der Waals surface area contributed by atoms with Crippen molar-refractivity contribution < 1.29 is 23.7 Å². The van der Waals surface area contributed by atoms with E-state index in [1.807, 2.05) is 43.3 Å². The third-order valence-corrected chi connectivity index (χ3v) is 5.05. The van der Waals surface area contributed by atoms with Gasteiger partial charge in [0.05, 0.1) is 10.5 Å². The van der Waals surface area contributed by atoms with Crippen LogP contribution in [0.1, 0.15) is 28.6 Å². The Hall–Kier alpha value is -4.66. The minimum atomic E-state index is -0.477. The molecule has 0 saturated heterocycles.